The molecule has 0 saturated heterocycles. The normalized spacial score (nSPS) is 13.9. The SMILES string of the molecule is COc1ccc2cc(C(C)(O)Cn3nnc4ccccc43)ccc2c1. The molecule has 0 radical (unpaired) electrons. The fraction of sp³-hybridized carbons (Fsp3) is 0.200. The van der Waals surface area contributed by atoms with Crippen molar-refractivity contribution in [1.82, 2.24) is 15.0 Å². The first-order chi connectivity index (χ1) is 12.1. The number of hydrogen-bond donors (Lipinski definition) is 1. The summed E-state index contributed by atoms with van der Waals surface area (Å²) in [4.78, 5) is 0. The summed E-state index contributed by atoms with van der Waals surface area (Å²) in [5.74, 6) is 0.820. The van der Waals surface area contributed by atoms with Crippen molar-refractivity contribution in [2.24, 2.45) is 0 Å². The molecular weight excluding hydrogens is 314 g/mol. The highest BCUT2D eigenvalue weighted by Crippen LogP contribution is 2.29. The van der Waals surface area contributed by atoms with Crippen molar-refractivity contribution < 1.29 is 9.84 Å². The van der Waals surface area contributed by atoms with E-state index in [2.05, 4.69) is 10.3 Å². The summed E-state index contributed by atoms with van der Waals surface area (Å²) in [7, 11) is 1.66. The Hall–Kier alpha value is -2.92. The molecule has 5 heteroatoms. The van der Waals surface area contributed by atoms with Crippen LogP contribution in [0.1, 0.15) is 12.5 Å². The van der Waals surface area contributed by atoms with Gasteiger partial charge in [0.15, 0.2) is 0 Å². The van der Waals surface area contributed by atoms with Crippen molar-refractivity contribution in [1.29, 1.82) is 0 Å². The lowest BCUT2D eigenvalue weighted by Crippen LogP contribution is -2.28. The van der Waals surface area contributed by atoms with Gasteiger partial charge in [-0.2, -0.15) is 0 Å². The van der Waals surface area contributed by atoms with Gasteiger partial charge in [-0.15, -0.1) is 5.10 Å². The summed E-state index contributed by atoms with van der Waals surface area (Å²) in [5, 5.41) is 21.5. The Bertz CT molecular complexity index is 1050. The van der Waals surface area contributed by atoms with E-state index in [1.54, 1.807) is 18.7 Å². The predicted octanol–water partition coefficient (Wildman–Crippen LogP) is 3.50. The topological polar surface area (TPSA) is 60.2 Å². The zero-order valence-corrected chi connectivity index (χ0v) is 14.2. The molecule has 0 spiro atoms. The molecule has 0 aliphatic heterocycles. The van der Waals surface area contributed by atoms with Crippen LogP contribution in [0.15, 0.2) is 60.7 Å². The average Bonchev–Trinajstić information content (AvgIpc) is 3.03. The van der Waals surface area contributed by atoms with Gasteiger partial charge in [0.25, 0.3) is 0 Å². The minimum atomic E-state index is -1.06. The molecule has 3 aromatic carbocycles. The van der Waals surface area contributed by atoms with Gasteiger partial charge in [-0.25, -0.2) is 4.68 Å². The van der Waals surface area contributed by atoms with Crippen LogP contribution in [0.3, 0.4) is 0 Å². The molecule has 5 nitrogen and oxygen atoms in total. The van der Waals surface area contributed by atoms with E-state index in [0.717, 1.165) is 33.1 Å². The highest BCUT2D eigenvalue weighted by molar-refractivity contribution is 5.84. The summed E-state index contributed by atoms with van der Waals surface area (Å²) in [5.41, 5.74) is 1.51. The standard InChI is InChI=1S/C20H19N3O2/c1-20(24,13-23-19-6-4-3-5-18(19)21-22-23)16-9-7-15-12-17(25-2)10-8-14(15)11-16/h3-12,24H,13H2,1-2H3. The number of rotatable bonds is 4. The second kappa shape index (κ2) is 5.86. The van der Waals surface area contributed by atoms with Gasteiger partial charge < -0.3 is 9.84 Å². The van der Waals surface area contributed by atoms with E-state index in [1.807, 2.05) is 60.7 Å². The molecule has 0 bridgehead atoms. The maximum atomic E-state index is 11.1. The Morgan fingerprint density at radius 1 is 1.04 bits per heavy atom. The van der Waals surface area contributed by atoms with Crippen LogP contribution in [0.2, 0.25) is 0 Å². The maximum absolute atomic E-state index is 11.1. The summed E-state index contributed by atoms with van der Waals surface area (Å²) < 4.78 is 7.01. The second-order valence-electron chi connectivity index (χ2n) is 6.44. The van der Waals surface area contributed by atoms with Gasteiger partial charge in [-0.3, -0.25) is 0 Å². The molecule has 1 atom stereocenters. The fourth-order valence-corrected chi connectivity index (χ4v) is 3.10. The quantitative estimate of drug-likeness (QED) is 0.621. The molecule has 25 heavy (non-hydrogen) atoms. The molecular formula is C20H19N3O2. The highest BCUT2D eigenvalue weighted by atomic mass is 16.5. The smallest absolute Gasteiger partial charge is 0.119 e. The molecule has 1 unspecified atom stereocenters. The Labute approximate surface area is 145 Å². The van der Waals surface area contributed by atoms with E-state index in [4.69, 9.17) is 4.74 Å². The largest absolute Gasteiger partial charge is 0.497 e. The molecule has 0 aliphatic carbocycles. The third-order valence-corrected chi connectivity index (χ3v) is 4.55. The van der Waals surface area contributed by atoms with Gasteiger partial charge in [0.1, 0.15) is 16.9 Å². The number of fused-ring (bicyclic) bond motifs is 2. The molecule has 1 aromatic heterocycles. The third kappa shape index (κ3) is 2.83. The molecule has 126 valence electrons. The van der Waals surface area contributed by atoms with E-state index in [0.29, 0.717) is 6.54 Å². The molecule has 0 fully saturated rings. The van der Waals surface area contributed by atoms with E-state index in [9.17, 15) is 5.11 Å². The fourth-order valence-electron chi connectivity index (χ4n) is 3.10. The van der Waals surface area contributed by atoms with Crippen LogP contribution < -0.4 is 4.74 Å². The van der Waals surface area contributed by atoms with Crippen LogP contribution in [-0.4, -0.2) is 27.2 Å². The van der Waals surface area contributed by atoms with E-state index < -0.39 is 5.60 Å². The van der Waals surface area contributed by atoms with Gasteiger partial charge in [0.05, 0.1) is 19.2 Å². The lowest BCUT2D eigenvalue weighted by molar-refractivity contribution is 0.0355. The lowest BCUT2D eigenvalue weighted by Gasteiger charge is -2.24. The van der Waals surface area contributed by atoms with Gasteiger partial charge in [0, 0.05) is 0 Å². The first kappa shape index (κ1) is 15.6. The van der Waals surface area contributed by atoms with Crippen molar-refractivity contribution in [2.75, 3.05) is 7.11 Å². The number of methoxy groups -OCH3 is 1. The minimum Gasteiger partial charge on any atom is -0.497 e. The number of ether oxygens (including phenoxy) is 1. The van der Waals surface area contributed by atoms with Crippen LogP contribution in [0.5, 0.6) is 5.75 Å². The maximum Gasteiger partial charge on any atom is 0.119 e. The molecule has 1 heterocycles. The summed E-state index contributed by atoms with van der Waals surface area (Å²) in [6.45, 7) is 2.13. The molecule has 0 aliphatic rings. The van der Waals surface area contributed by atoms with Gasteiger partial charge in [-0.05, 0) is 53.6 Å². The summed E-state index contributed by atoms with van der Waals surface area (Å²) in [6.07, 6.45) is 0. The van der Waals surface area contributed by atoms with Crippen LogP contribution in [0.4, 0.5) is 0 Å². The van der Waals surface area contributed by atoms with Gasteiger partial charge >= 0.3 is 0 Å². The van der Waals surface area contributed by atoms with Crippen LogP contribution in [0.25, 0.3) is 21.8 Å². The first-order valence-corrected chi connectivity index (χ1v) is 8.16. The van der Waals surface area contributed by atoms with Crippen molar-refractivity contribution in [2.45, 2.75) is 19.1 Å². The Kier molecular flexibility index (Phi) is 3.66. The molecule has 0 amide bonds. The van der Waals surface area contributed by atoms with E-state index in [1.165, 1.54) is 0 Å². The second-order valence-corrected chi connectivity index (χ2v) is 6.44. The first-order valence-electron chi connectivity index (χ1n) is 8.16. The Morgan fingerprint density at radius 3 is 2.64 bits per heavy atom. The number of nitrogens with zero attached hydrogens (tertiary/aromatic N) is 3. The van der Waals surface area contributed by atoms with Crippen molar-refractivity contribution in [3.8, 4) is 5.75 Å². The van der Waals surface area contributed by atoms with E-state index in [-0.39, 0.29) is 0 Å². The zero-order valence-electron chi connectivity index (χ0n) is 14.2. The minimum absolute atomic E-state index is 0.329. The highest BCUT2D eigenvalue weighted by Gasteiger charge is 2.25. The van der Waals surface area contributed by atoms with Gasteiger partial charge in [0.2, 0.25) is 0 Å². The van der Waals surface area contributed by atoms with Crippen molar-refractivity contribution in [3.05, 3.63) is 66.2 Å². The average molecular weight is 333 g/mol. The number of benzene rings is 3. The van der Waals surface area contributed by atoms with Gasteiger partial charge in [-0.1, -0.05) is 35.5 Å². The Morgan fingerprint density at radius 2 is 1.80 bits per heavy atom. The number of aromatic nitrogens is 3. The molecule has 4 rings (SSSR count). The third-order valence-electron chi connectivity index (χ3n) is 4.55. The van der Waals surface area contributed by atoms with Crippen molar-refractivity contribution >= 4 is 21.8 Å². The number of para-hydroxylation sites is 1. The zero-order chi connectivity index (χ0) is 17.4. The van der Waals surface area contributed by atoms with Crippen LogP contribution in [-0.2, 0) is 12.1 Å². The monoisotopic (exact) mass is 333 g/mol. The molecule has 4 aromatic rings. The number of aliphatic hydroxyl groups is 1. The van der Waals surface area contributed by atoms with Crippen molar-refractivity contribution in [3.63, 3.8) is 0 Å². The molecule has 0 saturated carbocycles. The predicted molar refractivity (Wildman–Crippen MR) is 97.6 cm³/mol. The number of hydrogen-bond acceptors (Lipinski definition) is 4. The van der Waals surface area contributed by atoms with Crippen LogP contribution in [0, 0.1) is 0 Å². The summed E-state index contributed by atoms with van der Waals surface area (Å²) >= 11 is 0. The molecule has 1 N–H and O–H groups in total. The lowest BCUT2D eigenvalue weighted by atomic mass is 9.93. The van der Waals surface area contributed by atoms with E-state index >= 15 is 0 Å². The summed E-state index contributed by atoms with van der Waals surface area (Å²) in [6, 6.07) is 19.6. The van der Waals surface area contributed by atoms with Crippen LogP contribution >= 0.6 is 0 Å². The Balaban J connectivity index is 1.70.